The van der Waals surface area contributed by atoms with Crippen LogP contribution in [0.5, 0.6) is 0 Å². The Morgan fingerprint density at radius 3 is 2.50 bits per heavy atom. The van der Waals surface area contributed by atoms with Crippen molar-refractivity contribution in [2.24, 2.45) is 0 Å². The summed E-state index contributed by atoms with van der Waals surface area (Å²) in [4.78, 5) is 4.23. The lowest BCUT2D eigenvalue weighted by Gasteiger charge is -2.06. The molecule has 0 saturated heterocycles. The second kappa shape index (κ2) is 5.58. The first-order valence-electron chi connectivity index (χ1n) is 5.08. The third-order valence-electron chi connectivity index (χ3n) is 2.39. The molecule has 0 atom stereocenters. The smallest absolute Gasteiger partial charge is 0.0720 e. The molecule has 1 heterocycles. The van der Waals surface area contributed by atoms with E-state index >= 15 is 0 Å². The first kappa shape index (κ1) is 13.2. The summed E-state index contributed by atoms with van der Waals surface area (Å²) in [6.07, 6.45) is 1.97. The van der Waals surface area contributed by atoms with Crippen LogP contribution in [0.1, 0.15) is 5.56 Å². The highest BCUT2D eigenvalue weighted by Gasteiger charge is 2.09. The Hall–Kier alpha value is -1.27. The van der Waals surface area contributed by atoms with Crippen LogP contribution in [-0.2, 0) is 6.42 Å². The molecule has 0 spiro atoms. The molecule has 0 aliphatic rings. The molecule has 1 aromatic heterocycles. The number of nitrogens with zero attached hydrogens (tertiary/aromatic N) is 2. The molecule has 0 unspecified atom stereocenters. The fraction of sp³-hybridized carbons (Fsp3) is 0.0769. The third-order valence-corrected chi connectivity index (χ3v) is 3.43. The predicted octanol–water partition coefficient (Wildman–Crippen LogP) is 4.77. The number of nitriles is 1. The fourth-order valence-corrected chi connectivity index (χ4v) is 2.19. The minimum absolute atomic E-state index is 0.328. The molecule has 0 fully saturated rings. The maximum atomic E-state index is 8.68. The van der Waals surface area contributed by atoms with Gasteiger partial charge in [-0.15, -0.1) is 0 Å². The topological polar surface area (TPSA) is 36.7 Å². The highest BCUT2D eigenvalue weighted by Crippen LogP contribution is 2.34. The van der Waals surface area contributed by atoms with Crippen LogP contribution in [0.3, 0.4) is 0 Å². The normalized spacial score (nSPS) is 10.1. The molecular formula is C13H7Cl3N2. The monoisotopic (exact) mass is 296 g/mol. The predicted molar refractivity (Wildman–Crippen MR) is 74.0 cm³/mol. The molecule has 2 aromatic rings. The lowest BCUT2D eigenvalue weighted by atomic mass is 10.1. The first-order chi connectivity index (χ1) is 8.61. The van der Waals surface area contributed by atoms with E-state index in [1.54, 1.807) is 24.4 Å². The molecule has 0 N–H and O–H groups in total. The van der Waals surface area contributed by atoms with E-state index < -0.39 is 0 Å². The summed E-state index contributed by atoms with van der Waals surface area (Å²) < 4.78 is 0. The zero-order valence-electron chi connectivity index (χ0n) is 9.12. The first-order valence-corrected chi connectivity index (χ1v) is 6.22. The van der Waals surface area contributed by atoms with Gasteiger partial charge in [0.1, 0.15) is 0 Å². The average Bonchev–Trinajstić information content (AvgIpc) is 2.34. The second-order valence-electron chi connectivity index (χ2n) is 3.63. The number of hydrogen-bond acceptors (Lipinski definition) is 2. The zero-order valence-corrected chi connectivity index (χ0v) is 11.4. The van der Waals surface area contributed by atoms with Crippen LogP contribution in [0.25, 0.3) is 11.3 Å². The van der Waals surface area contributed by atoms with Gasteiger partial charge in [-0.2, -0.15) is 5.26 Å². The molecular weight excluding hydrogens is 291 g/mol. The van der Waals surface area contributed by atoms with Crippen LogP contribution in [0, 0.1) is 11.3 Å². The Morgan fingerprint density at radius 2 is 1.78 bits per heavy atom. The van der Waals surface area contributed by atoms with Crippen molar-refractivity contribution in [3.05, 3.63) is 51.1 Å². The van der Waals surface area contributed by atoms with E-state index in [1.807, 2.05) is 6.07 Å². The summed E-state index contributed by atoms with van der Waals surface area (Å²) in [6.45, 7) is 0. The lowest BCUT2D eigenvalue weighted by molar-refractivity contribution is 1.21. The second-order valence-corrected chi connectivity index (χ2v) is 4.85. The van der Waals surface area contributed by atoms with Crippen molar-refractivity contribution in [1.29, 1.82) is 5.26 Å². The van der Waals surface area contributed by atoms with Crippen LogP contribution in [0.15, 0.2) is 30.5 Å². The summed E-state index contributed by atoms with van der Waals surface area (Å²) in [6, 6.07) is 8.95. The number of hydrogen-bond donors (Lipinski definition) is 0. The Balaban J connectivity index is 2.52. The minimum Gasteiger partial charge on any atom is -0.256 e. The average molecular weight is 298 g/mol. The minimum atomic E-state index is 0.328. The van der Waals surface area contributed by atoms with Crippen molar-refractivity contribution in [1.82, 2.24) is 4.98 Å². The van der Waals surface area contributed by atoms with Crippen molar-refractivity contribution in [2.75, 3.05) is 0 Å². The van der Waals surface area contributed by atoms with E-state index in [1.165, 1.54) is 0 Å². The van der Waals surface area contributed by atoms with E-state index in [9.17, 15) is 0 Å². The highest BCUT2D eigenvalue weighted by atomic mass is 35.5. The maximum absolute atomic E-state index is 8.68. The maximum Gasteiger partial charge on any atom is 0.0720 e. The van der Waals surface area contributed by atoms with Crippen LogP contribution >= 0.6 is 34.8 Å². The standard InChI is InChI=1S/C13H7Cl3N2/c14-10-7-12(16)11(15)6-9(10)13-5-8(1-3-17)2-4-18-13/h2,4-7H,1H2. The largest absolute Gasteiger partial charge is 0.256 e. The van der Waals surface area contributed by atoms with E-state index in [0.717, 1.165) is 5.56 Å². The summed E-state index contributed by atoms with van der Waals surface area (Å²) in [5.74, 6) is 0. The number of aromatic nitrogens is 1. The molecule has 18 heavy (non-hydrogen) atoms. The summed E-state index contributed by atoms with van der Waals surface area (Å²) in [5.41, 5.74) is 2.25. The van der Waals surface area contributed by atoms with Gasteiger partial charge in [-0.25, -0.2) is 0 Å². The van der Waals surface area contributed by atoms with Crippen molar-refractivity contribution in [2.45, 2.75) is 6.42 Å². The van der Waals surface area contributed by atoms with Crippen LogP contribution < -0.4 is 0 Å². The number of halogens is 3. The van der Waals surface area contributed by atoms with Gasteiger partial charge in [0.25, 0.3) is 0 Å². The van der Waals surface area contributed by atoms with Crippen molar-refractivity contribution < 1.29 is 0 Å². The quantitative estimate of drug-likeness (QED) is 0.748. The van der Waals surface area contributed by atoms with Crippen LogP contribution in [0.4, 0.5) is 0 Å². The van der Waals surface area contributed by atoms with E-state index in [0.29, 0.717) is 32.7 Å². The molecule has 0 saturated carbocycles. The number of rotatable bonds is 2. The molecule has 2 nitrogen and oxygen atoms in total. The molecule has 0 aliphatic heterocycles. The highest BCUT2D eigenvalue weighted by molar-refractivity contribution is 6.44. The number of benzene rings is 1. The molecule has 5 heteroatoms. The van der Waals surface area contributed by atoms with E-state index in [4.69, 9.17) is 40.1 Å². The fourth-order valence-electron chi connectivity index (χ4n) is 1.54. The molecule has 0 radical (unpaired) electrons. The Labute approximate surface area is 120 Å². The van der Waals surface area contributed by atoms with E-state index in [-0.39, 0.29) is 0 Å². The molecule has 1 aromatic carbocycles. The summed E-state index contributed by atoms with van der Waals surface area (Å²) in [5, 5.41) is 9.98. The molecule has 2 rings (SSSR count). The molecule has 0 bridgehead atoms. The van der Waals surface area contributed by atoms with Gasteiger partial charge in [0.2, 0.25) is 0 Å². The summed E-state index contributed by atoms with van der Waals surface area (Å²) >= 11 is 18.0. The Morgan fingerprint density at radius 1 is 1.06 bits per heavy atom. The van der Waals surface area contributed by atoms with Crippen molar-refractivity contribution in [3.8, 4) is 17.3 Å². The molecule has 0 aliphatic carbocycles. The van der Waals surface area contributed by atoms with Gasteiger partial charge < -0.3 is 0 Å². The van der Waals surface area contributed by atoms with Gasteiger partial charge in [-0.1, -0.05) is 34.8 Å². The van der Waals surface area contributed by atoms with Gasteiger partial charge in [-0.3, -0.25) is 4.98 Å². The molecule has 0 amide bonds. The summed E-state index contributed by atoms with van der Waals surface area (Å²) in [7, 11) is 0. The SMILES string of the molecule is N#CCc1ccnc(-c2cc(Cl)c(Cl)cc2Cl)c1. The van der Waals surface area contributed by atoms with E-state index in [2.05, 4.69) is 11.1 Å². The molecule has 90 valence electrons. The van der Waals surface area contributed by atoms with Gasteiger partial charge in [0, 0.05) is 11.8 Å². The van der Waals surface area contributed by atoms with Crippen molar-refractivity contribution >= 4 is 34.8 Å². The van der Waals surface area contributed by atoms with Gasteiger partial charge in [0.05, 0.1) is 33.3 Å². The Bertz CT molecular complexity index is 633. The van der Waals surface area contributed by atoms with Gasteiger partial charge in [0.15, 0.2) is 0 Å². The zero-order chi connectivity index (χ0) is 13.1. The van der Waals surface area contributed by atoms with Crippen LogP contribution in [0.2, 0.25) is 15.1 Å². The lowest BCUT2D eigenvalue weighted by Crippen LogP contribution is -1.89. The van der Waals surface area contributed by atoms with Gasteiger partial charge >= 0.3 is 0 Å². The third kappa shape index (κ3) is 2.76. The number of pyridine rings is 1. The Kier molecular flexibility index (Phi) is 4.08. The van der Waals surface area contributed by atoms with Crippen LogP contribution in [-0.4, -0.2) is 4.98 Å². The van der Waals surface area contributed by atoms with Crippen molar-refractivity contribution in [3.63, 3.8) is 0 Å². The van der Waals surface area contributed by atoms with Gasteiger partial charge in [-0.05, 0) is 29.8 Å².